The molecule has 1 saturated heterocycles. The molecule has 2 atom stereocenters. The van der Waals surface area contributed by atoms with Crippen LogP contribution < -0.4 is 10.1 Å². The summed E-state index contributed by atoms with van der Waals surface area (Å²) in [5, 5.41) is 4.43. The van der Waals surface area contributed by atoms with Gasteiger partial charge < -0.3 is 19.5 Å². The van der Waals surface area contributed by atoms with Crippen LogP contribution in [0.2, 0.25) is 0 Å². The lowest BCUT2D eigenvalue weighted by Gasteiger charge is -2.33. The summed E-state index contributed by atoms with van der Waals surface area (Å²) in [4.78, 5) is 7.11. The molecule has 1 saturated carbocycles. The van der Waals surface area contributed by atoms with Crippen molar-refractivity contribution in [3.05, 3.63) is 78.4 Å². The number of nitrogens with one attached hydrogen (secondary N) is 1. The number of ether oxygens (including phenoxy) is 1. The van der Waals surface area contributed by atoms with Gasteiger partial charge in [0.2, 0.25) is 0 Å². The highest BCUT2D eigenvalue weighted by Gasteiger charge is 2.44. The SMILES string of the molecule is COc1ccc(-n2cccc2C2C(c3ccccn3)NC(=S)N2C2CCCC2)cc1. The van der Waals surface area contributed by atoms with E-state index in [9.17, 15) is 0 Å². The Morgan fingerprint density at radius 1 is 1.03 bits per heavy atom. The van der Waals surface area contributed by atoms with Crippen LogP contribution in [0.25, 0.3) is 5.69 Å². The smallest absolute Gasteiger partial charge is 0.170 e. The van der Waals surface area contributed by atoms with E-state index in [1.807, 2.05) is 30.5 Å². The number of pyridine rings is 1. The standard InChI is InChI=1S/C24H26N4OS/c1-29-19-13-11-17(12-14-19)27-16-6-10-21(27)23-22(20-9-4-5-15-25-20)26-24(30)28(23)18-7-2-3-8-18/h4-6,9-16,18,22-23H,2-3,7-8H2,1H3,(H,26,30). The highest BCUT2D eigenvalue weighted by molar-refractivity contribution is 7.80. The normalized spacial score (nSPS) is 21.8. The summed E-state index contributed by atoms with van der Waals surface area (Å²) >= 11 is 5.86. The van der Waals surface area contributed by atoms with Crippen LogP contribution >= 0.6 is 12.2 Å². The highest BCUT2D eigenvalue weighted by atomic mass is 32.1. The van der Waals surface area contributed by atoms with Crippen LogP contribution in [0, 0.1) is 0 Å². The minimum absolute atomic E-state index is 0.0196. The monoisotopic (exact) mass is 418 g/mol. The predicted molar refractivity (Wildman–Crippen MR) is 122 cm³/mol. The van der Waals surface area contributed by atoms with Crippen molar-refractivity contribution < 1.29 is 4.74 Å². The van der Waals surface area contributed by atoms with E-state index in [1.165, 1.54) is 31.4 Å². The summed E-state index contributed by atoms with van der Waals surface area (Å²) in [6, 6.07) is 19.2. The topological polar surface area (TPSA) is 42.3 Å². The average molecular weight is 419 g/mol. The first-order chi connectivity index (χ1) is 14.8. The summed E-state index contributed by atoms with van der Waals surface area (Å²) in [7, 11) is 1.69. The van der Waals surface area contributed by atoms with Crippen molar-refractivity contribution in [1.82, 2.24) is 19.8 Å². The zero-order valence-corrected chi connectivity index (χ0v) is 17.9. The van der Waals surface area contributed by atoms with Gasteiger partial charge in [0.05, 0.1) is 24.9 Å². The fraction of sp³-hybridized carbons (Fsp3) is 0.333. The molecule has 5 nitrogen and oxygen atoms in total. The van der Waals surface area contributed by atoms with Gasteiger partial charge in [-0.1, -0.05) is 18.9 Å². The molecule has 0 radical (unpaired) electrons. The number of methoxy groups -OCH3 is 1. The molecular formula is C24H26N4OS. The lowest BCUT2D eigenvalue weighted by atomic mass is 9.99. The van der Waals surface area contributed by atoms with E-state index >= 15 is 0 Å². The second-order valence-electron chi connectivity index (χ2n) is 7.97. The van der Waals surface area contributed by atoms with Gasteiger partial charge in [0.1, 0.15) is 5.75 Å². The molecule has 5 rings (SSSR count). The number of aromatic nitrogens is 2. The molecule has 1 N–H and O–H groups in total. The summed E-state index contributed by atoms with van der Waals surface area (Å²) in [5.74, 6) is 0.857. The Kier molecular flexibility index (Phi) is 5.17. The number of hydrogen-bond donors (Lipinski definition) is 1. The van der Waals surface area contributed by atoms with Gasteiger partial charge in [0, 0.05) is 29.8 Å². The molecule has 0 spiro atoms. The molecule has 154 valence electrons. The summed E-state index contributed by atoms with van der Waals surface area (Å²) in [5.41, 5.74) is 3.35. The maximum atomic E-state index is 5.86. The van der Waals surface area contributed by atoms with Gasteiger partial charge in [-0.3, -0.25) is 4.98 Å². The van der Waals surface area contributed by atoms with Crippen LogP contribution in [0.5, 0.6) is 5.75 Å². The maximum Gasteiger partial charge on any atom is 0.170 e. The number of benzene rings is 1. The molecule has 0 amide bonds. The molecule has 2 fully saturated rings. The van der Waals surface area contributed by atoms with Crippen molar-refractivity contribution in [1.29, 1.82) is 0 Å². The molecule has 6 heteroatoms. The molecule has 0 bridgehead atoms. The Balaban J connectivity index is 1.59. The van der Waals surface area contributed by atoms with E-state index in [4.69, 9.17) is 17.0 Å². The molecule has 2 aromatic heterocycles. The van der Waals surface area contributed by atoms with Crippen LogP contribution in [0.15, 0.2) is 67.0 Å². The molecule has 3 aromatic rings. The van der Waals surface area contributed by atoms with Crippen LogP contribution in [-0.4, -0.2) is 32.7 Å². The van der Waals surface area contributed by atoms with Gasteiger partial charge in [-0.15, -0.1) is 0 Å². The Hall–Kier alpha value is -2.86. The van der Waals surface area contributed by atoms with Crippen LogP contribution in [0.1, 0.15) is 49.2 Å². The second-order valence-corrected chi connectivity index (χ2v) is 8.36. The zero-order chi connectivity index (χ0) is 20.5. The fourth-order valence-corrected chi connectivity index (χ4v) is 5.26. The van der Waals surface area contributed by atoms with Gasteiger partial charge in [-0.05, 0) is 73.6 Å². The molecule has 2 aliphatic rings. The van der Waals surface area contributed by atoms with Crippen LogP contribution in [-0.2, 0) is 0 Å². The Labute approximate surface area is 182 Å². The first-order valence-corrected chi connectivity index (χ1v) is 11.0. The Morgan fingerprint density at radius 3 is 2.53 bits per heavy atom. The number of nitrogens with zero attached hydrogens (tertiary/aromatic N) is 3. The van der Waals surface area contributed by atoms with Crippen molar-refractivity contribution in [2.45, 2.75) is 43.8 Å². The number of hydrogen-bond acceptors (Lipinski definition) is 3. The third-order valence-corrected chi connectivity index (χ3v) is 6.62. The average Bonchev–Trinajstić information content (AvgIpc) is 3.54. The Morgan fingerprint density at radius 2 is 1.83 bits per heavy atom. The van der Waals surface area contributed by atoms with Crippen molar-refractivity contribution in [2.75, 3.05) is 7.11 Å². The largest absolute Gasteiger partial charge is 0.497 e. The fourth-order valence-electron chi connectivity index (χ4n) is 4.87. The first-order valence-electron chi connectivity index (χ1n) is 10.6. The number of thiocarbonyl (C=S) groups is 1. The van der Waals surface area contributed by atoms with E-state index in [0.29, 0.717) is 6.04 Å². The minimum atomic E-state index is 0.0196. The van der Waals surface area contributed by atoms with Crippen LogP contribution in [0.3, 0.4) is 0 Å². The van der Waals surface area contributed by atoms with E-state index in [-0.39, 0.29) is 12.1 Å². The first kappa shape index (κ1) is 19.1. The second kappa shape index (κ2) is 8.11. The molecule has 1 aromatic carbocycles. The van der Waals surface area contributed by atoms with Crippen molar-refractivity contribution in [3.8, 4) is 11.4 Å². The molecular weight excluding hydrogens is 392 g/mol. The van der Waals surface area contributed by atoms with E-state index < -0.39 is 0 Å². The van der Waals surface area contributed by atoms with E-state index in [1.54, 1.807) is 7.11 Å². The molecule has 30 heavy (non-hydrogen) atoms. The van der Waals surface area contributed by atoms with Crippen molar-refractivity contribution >= 4 is 17.3 Å². The third kappa shape index (κ3) is 3.35. The van der Waals surface area contributed by atoms with E-state index in [0.717, 1.165) is 22.2 Å². The summed E-state index contributed by atoms with van der Waals surface area (Å²) in [6.45, 7) is 0. The van der Waals surface area contributed by atoms with Crippen LogP contribution in [0.4, 0.5) is 0 Å². The minimum Gasteiger partial charge on any atom is -0.497 e. The molecule has 1 aliphatic heterocycles. The van der Waals surface area contributed by atoms with Crippen molar-refractivity contribution in [3.63, 3.8) is 0 Å². The lowest BCUT2D eigenvalue weighted by molar-refractivity contribution is 0.239. The van der Waals surface area contributed by atoms with Gasteiger partial charge in [0.25, 0.3) is 0 Å². The van der Waals surface area contributed by atoms with Gasteiger partial charge in [0.15, 0.2) is 5.11 Å². The maximum absolute atomic E-state index is 5.86. The predicted octanol–water partition coefficient (Wildman–Crippen LogP) is 4.80. The van der Waals surface area contributed by atoms with Crippen molar-refractivity contribution in [2.24, 2.45) is 0 Å². The molecule has 3 heterocycles. The van der Waals surface area contributed by atoms with Gasteiger partial charge in [-0.2, -0.15) is 0 Å². The third-order valence-electron chi connectivity index (χ3n) is 6.29. The summed E-state index contributed by atoms with van der Waals surface area (Å²) in [6.07, 6.45) is 8.90. The number of rotatable bonds is 5. The Bertz CT molecular complexity index is 1010. The van der Waals surface area contributed by atoms with E-state index in [2.05, 4.69) is 56.3 Å². The quantitative estimate of drug-likeness (QED) is 0.603. The zero-order valence-electron chi connectivity index (χ0n) is 17.1. The molecule has 1 aliphatic carbocycles. The highest BCUT2D eigenvalue weighted by Crippen LogP contribution is 2.43. The van der Waals surface area contributed by atoms with Gasteiger partial charge >= 0.3 is 0 Å². The lowest BCUT2D eigenvalue weighted by Crippen LogP contribution is -2.38. The molecule has 2 unspecified atom stereocenters. The summed E-state index contributed by atoms with van der Waals surface area (Å²) < 4.78 is 7.60. The van der Waals surface area contributed by atoms with Gasteiger partial charge in [-0.25, -0.2) is 0 Å².